The van der Waals surface area contributed by atoms with Gasteiger partial charge >= 0.3 is 0 Å². The van der Waals surface area contributed by atoms with Crippen molar-refractivity contribution in [2.45, 2.75) is 25.4 Å². The maximum atomic E-state index is 12.5. The van der Waals surface area contributed by atoms with Gasteiger partial charge in [-0.05, 0) is 30.5 Å². The molecule has 0 aliphatic heterocycles. The highest BCUT2D eigenvalue weighted by atomic mass is 35.5. The predicted molar refractivity (Wildman–Crippen MR) is 69.8 cm³/mol. The first-order valence-electron chi connectivity index (χ1n) is 6.17. The van der Waals surface area contributed by atoms with Gasteiger partial charge in [0.15, 0.2) is 0 Å². The molecule has 1 aliphatic rings. The highest BCUT2D eigenvalue weighted by Crippen LogP contribution is 2.31. The lowest BCUT2D eigenvalue weighted by atomic mass is 10.2. The van der Waals surface area contributed by atoms with Crippen molar-refractivity contribution in [3.63, 3.8) is 0 Å². The molecule has 19 heavy (non-hydrogen) atoms. The van der Waals surface area contributed by atoms with E-state index in [9.17, 15) is 4.79 Å². The Labute approximate surface area is 115 Å². The number of rotatable bonds is 4. The standard InChI is InChI=1S/C13H14ClN3O2/c1-16-6-5-15-11(16)8-17(9-2-3-9)13(18)10-4-7-19-12(10)14/h4-7,9H,2-3,8H2,1H3. The Morgan fingerprint density at radius 1 is 1.63 bits per heavy atom. The first-order valence-corrected chi connectivity index (χ1v) is 6.55. The Hall–Kier alpha value is -1.75. The first kappa shape index (κ1) is 12.3. The van der Waals surface area contributed by atoms with Crippen molar-refractivity contribution in [2.24, 2.45) is 7.05 Å². The quantitative estimate of drug-likeness (QED) is 0.864. The Kier molecular flexibility index (Phi) is 3.06. The lowest BCUT2D eigenvalue weighted by Crippen LogP contribution is -2.33. The molecule has 0 N–H and O–H groups in total. The summed E-state index contributed by atoms with van der Waals surface area (Å²) >= 11 is 5.88. The molecule has 100 valence electrons. The van der Waals surface area contributed by atoms with Crippen molar-refractivity contribution < 1.29 is 9.21 Å². The number of carbonyl (C=O) groups is 1. The first-order chi connectivity index (χ1) is 9.16. The van der Waals surface area contributed by atoms with E-state index in [1.54, 1.807) is 12.3 Å². The zero-order chi connectivity index (χ0) is 13.4. The summed E-state index contributed by atoms with van der Waals surface area (Å²) in [6.45, 7) is 0.495. The molecule has 0 radical (unpaired) electrons. The fraction of sp³-hybridized carbons (Fsp3) is 0.385. The number of furan rings is 1. The lowest BCUT2D eigenvalue weighted by molar-refractivity contribution is 0.0723. The molecule has 1 aliphatic carbocycles. The number of hydrogen-bond donors (Lipinski definition) is 0. The summed E-state index contributed by atoms with van der Waals surface area (Å²) in [5.41, 5.74) is 0.419. The number of aromatic nitrogens is 2. The van der Waals surface area contributed by atoms with Gasteiger partial charge in [-0.1, -0.05) is 0 Å². The van der Waals surface area contributed by atoms with Crippen LogP contribution in [-0.2, 0) is 13.6 Å². The molecular formula is C13H14ClN3O2. The fourth-order valence-corrected chi connectivity index (χ4v) is 2.25. The van der Waals surface area contributed by atoms with Crippen LogP contribution in [0.4, 0.5) is 0 Å². The average molecular weight is 280 g/mol. The van der Waals surface area contributed by atoms with E-state index in [2.05, 4.69) is 4.98 Å². The molecule has 2 aromatic heterocycles. The summed E-state index contributed by atoms with van der Waals surface area (Å²) in [6.07, 6.45) is 7.10. The van der Waals surface area contributed by atoms with Crippen LogP contribution < -0.4 is 0 Å². The number of nitrogens with zero attached hydrogens (tertiary/aromatic N) is 3. The Morgan fingerprint density at radius 2 is 2.42 bits per heavy atom. The molecule has 0 saturated heterocycles. The van der Waals surface area contributed by atoms with Crippen molar-refractivity contribution in [2.75, 3.05) is 0 Å². The van der Waals surface area contributed by atoms with Crippen LogP contribution in [-0.4, -0.2) is 26.4 Å². The van der Waals surface area contributed by atoms with Crippen LogP contribution in [0, 0.1) is 0 Å². The summed E-state index contributed by atoms with van der Waals surface area (Å²) in [5.74, 6) is 0.768. The smallest absolute Gasteiger partial charge is 0.259 e. The minimum absolute atomic E-state index is 0.0933. The van der Waals surface area contributed by atoms with E-state index in [1.165, 1.54) is 6.26 Å². The highest BCUT2D eigenvalue weighted by Gasteiger charge is 2.35. The Bertz CT molecular complexity index is 601. The summed E-state index contributed by atoms with van der Waals surface area (Å²) in [4.78, 5) is 18.6. The van der Waals surface area contributed by atoms with Crippen molar-refractivity contribution in [3.05, 3.63) is 41.3 Å². The van der Waals surface area contributed by atoms with E-state index >= 15 is 0 Å². The minimum Gasteiger partial charge on any atom is -0.452 e. The molecule has 0 atom stereocenters. The van der Waals surface area contributed by atoms with E-state index in [0.717, 1.165) is 18.7 Å². The topological polar surface area (TPSA) is 51.3 Å². The van der Waals surface area contributed by atoms with Crippen LogP contribution in [0.2, 0.25) is 5.22 Å². The van der Waals surface area contributed by atoms with E-state index in [1.807, 2.05) is 22.7 Å². The van der Waals surface area contributed by atoms with E-state index in [0.29, 0.717) is 12.1 Å². The maximum Gasteiger partial charge on any atom is 0.259 e. The number of amides is 1. The van der Waals surface area contributed by atoms with Crippen LogP contribution in [0.15, 0.2) is 29.1 Å². The molecule has 1 amide bonds. The van der Waals surface area contributed by atoms with Crippen molar-refractivity contribution in [1.82, 2.24) is 14.5 Å². The fourth-order valence-electron chi connectivity index (χ4n) is 2.06. The van der Waals surface area contributed by atoms with Gasteiger partial charge in [0.05, 0.1) is 18.4 Å². The molecule has 0 unspecified atom stereocenters. The molecule has 0 aromatic carbocycles. The molecule has 2 aromatic rings. The van der Waals surface area contributed by atoms with Gasteiger partial charge in [0.25, 0.3) is 5.91 Å². The average Bonchev–Trinajstić information content (AvgIpc) is 3.02. The molecule has 6 heteroatoms. The minimum atomic E-state index is -0.0933. The lowest BCUT2D eigenvalue weighted by Gasteiger charge is -2.21. The van der Waals surface area contributed by atoms with Crippen LogP contribution in [0.3, 0.4) is 0 Å². The van der Waals surface area contributed by atoms with Crippen molar-refractivity contribution >= 4 is 17.5 Å². The molecule has 1 fully saturated rings. The highest BCUT2D eigenvalue weighted by molar-refractivity contribution is 6.32. The maximum absolute atomic E-state index is 12.5. The van der Waals surface area contributed by atoms with Crippen molar-refractivity contribution in [3.8, 4) is 0 Å². The summed E-state index contributed by atoms with van der Waals surface area (Å²) < 4.78 is 6.91. The number of halogens is 1. The second kappa shape index (κ2) is 4.74. The largest absolute Gasteiger partial charge is 0.452 e. The van der Waals surface area contributed by atoms with Gasteiger partial charge in [-0.25, -0.2) is 4.98 Å². The molecule has 0 spiro atoms. The monoisotopic (exact) mass is 279 g/mol. The van der Waals surface area contributed by atoms with Crippen LogP contribution in [0.25, 0.3) is 0 Å². The van der Waals surface area contributed by atoms with Gasteiger partial charge < -0.3 is 13.9 Å². The number of imidazole rings is 1. The van der Waals surface area contributed by atoms with Gasteiger partial charge in [-0.3, -0.25) is 4.79 Å². The second-order valence-electron chi connectivity index (χ2n) is 4.73. The second-order valence-corrected chi connectivity index (χ2v) is 5.07. The molecule has 5 nitrogen and oxygen atoms in total. The number of hydrogen-bond acceptors (Lipinski definition) is 3. The van der Waals surface area contributed by atoms with Gasteiger partial charge in [-0.2, -0.15) is 0 Å². The molecule has 3 rings (SSSR count). The Morgan fingerprint density at radius 3 is 2.95 bits per heavy atom. The van der Waals surface area contributed by atoms with Crippen LogP contribution in [0.1, 0.15) is 29.0 Å². The summed E-state index contributed by atoms with van der Waals surface area (Å²) in [7, 11) is 1.92. The summed E-state index contributed by atoms with van der Waals surface area (Å²) in [5, 5.41) is 0.149. The van der Waals surface area contributed by atoms with Gasteiger partial charge in [0.2, 0.25) is 5.22 Å². The molecule has 0 bridgehead atoms. The summed E-state index contributed by atoms with van der Waals surface area (Å²) in [6, 6.07) is 1.90. The van der Waals surface area contributed by atoms with Gasteiger partial charge in [0, 0.05) is 25.5 Å². The van der Waals surface area contributed by atoms with Gasteiger partial charge in [-0.15, -0.1) is 0 Å². The third-order valence-electron chi connectivity index (χ3n) is 3.33. The third-order valence-corrected chi connectivity index (χ3v) is 3.62. The van der Waals surface area contributed by atoms with E-state index in [4.69, 9.17) is 16.0 Å². The van der Waals surface area contributed by atoms with Crippen LogP contribution in [0.5, 0.6) is 0 Å². The number of carbonyl (C=O) groups excluding carboxylic acids is 1. The van der Waals surface area contributed by atoms with E-state index in [-0.39, 0.29) is 17.2 Å². The van der Waals surface area contributed by atoms with Crippen LogP contribution >= 0.6 is 11.6 Å². The molecule has 1 saturated carbocycles. The predicted octanol–water partition coefficient (Wildman–Crippen LogP) is 2.47. The Balaban J connectivity index is 1.84. The molecule has 2 heterocycles. The zero-order valence-corrected chi connectivity index (χ0v) is 11.3. The normalized spacial score (nSPS) is 14.6. The zero-order valence-electron chi connectivity index (χ0n) is 10.5. The molecular weight excluding hydrogens is 266 g/mol. The SMILES string of the molecule is Cn1ccnc1CN(C(=O)c1ccoc1Cl)C1CC1. The van der Waals surface area contributed by atoms with E-state index < -0.39 is 0 Å². The number of aryl methyl sites for hydroxylation is 1. The van der Waals surface area contributed by atoms with Crippen molar-refractivity contribution in [1.29, 1.82) is 0 Å². The third kappa shape index (κ3) is 2.38. The van der Waals surface area contributed by atoms with Gasteiger partial charge in [0.1, 0.15) is 5.82 Å².